The zero-order chi connectivity index (χ0) is 43.4. The van der Waals surface area contributed by atoms with Gasteiger partial charge in [-0.1, -0.05) is 31.2 Å². The number of carbonyl (C=O) groups is 4. The predicted molar refractivity (Wildman–Crippen MR) is 236 cm³/mol. The molecular formula is C46H54N8O7. The normalized spacial score (nSPS) is 13.0. The number of benzene rings is 4. The minimum atomic E-state index is -0.608. The van der Waals surface area contributed by atoms with Crippen LogP contribution in [0.3, 0.4) is 0 Å². The van der Waals surface area contributed by atoms with Crippen molar-refractivity contribution in [2.75, 3.05) is 64.6 Å². The molecule has 1 aliphatic heterocycles. The molecular weight excluding hydrogens is 777 g/mol. The van der Waals surface area contributed by atoms with E-state index in [2.05, 4.69) is 38.1 Å². The molecule has 0 unspecified atom stereocenters. The Morgan fingerprint density at radius 2 is 1.56 bits per heavy atom. The Morgan fingerprint density at radius 1 is 0.820 bits per heavy atom. The minimum Gasteiger partial charge on any atom is -0.506 e. The van der Waals surface area contributed by atoms with Gasteiger partial charge in [-0.2, -0.15) is 10.1 Å². The van der Waals surface area contributed by atoms with Gasteiger partial charge in [-0.3, -0.25) is 19.2 Å². The Morgan fingerprint density at radius 3 is 2.28 bits per heavy atom. The molecule has 0 radical (unpaired) electrons. The van der Waals surface area contributed by atoms with Crippen LogP contribution in [0.25, 0.3) is 6.08 Å². The van der Waals surface area contributed by atoms with Crippen molar-refractivity contribution in [3.05, 3.63) is 124 Å². The van der Waals surface area contributed by atoms with E-state index < -0.39 is 11.8 Å². The number of hydrogen-bond acceptors (Lipinski definition) is 10. The number of nitrogens with zero attached hydrogens (tertiary/aromatic N) is 4. The lowest BCUT2D eigenvalue weighted by molar-refractivity contribution is -0.116. The van der Waals surface area contributed by atoms with E-state index in [1.165, 1.54) is 12.1 Å². The average molecular weight is 831 g/mol. The molecule has 0 bridgehead atoms. The molecule has 4 aromatic carbocycles. The number of rotatable bonds is 23. The van der Waals surface area contributed by atoms with Gasteiger partial charge in [-0.15, -0.1) is 5.11 Å². The van der Waals surface area contributed by atoms with Gasteiger partial charge in [0.15, 0.2) is 0 Å². The second-order valence-corrected chi connectivity index (χ2v) is 14.2. The first-order chi connectivity index (χ1) is 29.6. The maximum Gasteiger partial charge on any atom is 0.278 e. The number of nitrogens with one attached hydrogen (secondary N) is 3. The number of phenolic OH excluding ortho intramolecular Hbond substituents is 1. The Hall–Kier alpha value is -6.55. The number of azo groups is 1. The SMILES string of the molecule is CCCN1C(=NC(=O)c2cccc(C(N)=O)c2)Cc2ccc(/C=C/C(=O)NCCCOCCOCCCNC(=O)c3ccc(N=Nc4cc(CCNC)ccc4O)cc3)cc21. The molecule has 0 saturated carbocycles. The van der Waals surface area contributed by atoms with Crippen LogP contribution in [-0.4, -0.2) is 94.2 Å². The zero-order valence-corrected chi connectivity index (χ0v) is 34.7. The molecule has 6 N–H and O–H groups in total. The molecule has 61 heavy (non-hydrogen) atoms. The Kier molecular flexibility index (Phi) is 17.8. The molecule has 5 rings (SSSR count). The van der Waals surface area contributed by atoms with Gasteiger partial charge in [0.2, 0.25) is 11.8 Å². The van der Waals surface area contributed by atoms with E-state index in [1.807, 2.05) is 36.2 Å². The number of phenols is 1. The molecule has 4 aromatic rings. The average Bonchev–Trinajstić information content (AvgIpc) is 3.60. The summed E-state index contributed by atoms with van der Waals surface area (Å²) >= 11 is 0. The van der Waals surface area contributed by atoms with Crippen molar-refractivity contribution in [1.82, 2.24) is 16.0 Å². The van der Waals surface area contributed by atoms with Crippen molar-refractivity contribution in [2.45, 2.75) is 39.0 Å². The fourth-order valence-electron chi connectivity index (χ4n) is 6.33. The van der Waals surface area contributed by atoms with Crippen LogP contribution in [0.5, 0.6) is 5.75 Å². The van der Waals surface area contributed by atoms with Crippen molar-refractivity contribution < 1.29 is 33.8 Å². The molecule has 0 saturated heterocycles. The lowest BCUT2D eigenvalue weighted by atomic mass is 10.1. The molecule has 1 aliphatic rings. The summed E-state index contributed by atoms with van der Waals surface area (Å²) in [5.41, 5.74) is 11.2. The van der Waals surface area contributed by atoms with Crippen LogP contribution in [0.2, 0.25) is 0 Å². The number of carbonyl (C=O) groups excluding carboxylic acids is 4. The minimum absolute atomic E-state index is 0.0518. The first-order valence-corrected chi connectivity index (χ1v) is 20.4. The fraction of sp³-hybridized carbons (Fsp3) is 0.326. The summed E-state index contributed by atoms with van der Waals surface area (Å²) in [6, 6.07) is 24.2. The molecule has 15 heteroatoms. The number of aliphatic imine (C=N–C) groups is 1. The van der Waals surface area contributed by atoms with Crippen molar-refractivity contribution in [3.63, 3.8) is 0 Å². The van der Waals surface area contributed by atoms with Crippen molar-refractivity contribution in [1.29, 1.82) is 0 Å². The van der Waals surface area contributed by atoms with Gasteiger partial charge >= 0.3 is 0 Å². The zero-order valence-electron chi connectivity index (χ0n) is 34.7. The van der Waals surface area contributed by atoms with Gasteiger partial charge in [-0.05, 0) is 123 Å². The molecule has 0 aliphatic carbocycles. The topological polar surface area (TPSA) is 209 Å². The second kappa shape index (κ2) is 23.9. The summed E-state index contributed by atoms with van der Waals surface area (Å²) in [5.74, 6) is -0.788. The predicted octanol–water partition coefficient (Wildman–Crippen LogP) is 6.05. The highest BCUT2D eigenvalue weighted by Crippen LogP contribution is 2.32. The van der Waals surface area contributed by atoms with Crippen molar-refractivity contribution in [3.8, 4) is 5.75 Å². The Labute approximate surface area is 356 Å². The largest absolute Gasteiger partial charge is 0.506 e. The summed E-state index contributed by atoms with van der Waals surface area (Å²) in [6.45, 7) is 6.22. The van der Waals surface area contributed by atoms with Crippen LogP contribution < -0.4 is 26.6 Å². The van der Waals surface area contributed by atoms with Crippen LogP contribution in [-0.2, 0) is 27.1 Å². The van der Waals surface area contributed by atoms with Gasteiger partial charge in [0, 0.05) is 67.7 Å². The number of amides is 4. The Balaban J connectivity index is 0.920. The summed E-state index contributed by atoms with van der Waals surface area (Å²) in [7, 11) is 1.88. The number of primary amides is 1. The van der Waals surface area contributed by atoms with E-state index >= 15 is 0 Å². The van der Waals surface area contributed by atoms with E-state index in [0.717, 1.165) is 41.8 Å². The van der Waals surface area contributed by atoms with E-state index in [1.54, 1.807) is 60.7 Å². The molecule has 15 nitrogen and oxygen atoms in total. The van der Waals surface area contributed by atoms with Crippen LogP contribution in [0.4, 0.5) is 17.1 Å². The van der Waals surface area contributed by atoms with Gasteiger partial charge in [0.1, 0.15) is 17.3 Å². The molecule has 0 fully saturated rings. The maximum atomic E-state index is 13.0. The molecule has 0 aromatic heterocycles. The van der Waals surface area contributed by atoms with Crippen LogP contribution in [0.15, 0.2) is 106 Å². The number of hydrogen-bond donors (Lipinski definition) is 5. The first kappa shape index (κ1) is 45.5. The smallest absolute Gasteiger partial charge is 0.278 e. The highest BCUT2D eigenvalue weighted by molar-refractivity contribution is 6.13. The standard InChI is InChI=1S/C46H54N8O7/c1-3-23-54-40-29-32(9-12-35(40)31-42(54)51-46(59)37-8-4-7-36(30-37)44(47)57)11-18-43(56)49-20-5-24-60-26-27-61-25-6-21-50-45(58)34-13-15-38(16-14-34)52-53-39-28-33(19-22-48-2)10-17-41(39)55/h4,7-18,28-30,48,55H,3,5-6,19-27,31H2,1-2H3,(H2,47,57)(H,49,56)(H,50,58)/b18-11+,51-42?,53-52?. The second-order valence-electron chi connectivity index (χ2n) is 14.2. The van der Waals surface area contributed by atoms with Gasteiger partial charge in [0.25, 0.3) is 11.8 Å². The van der Waals surface area contributed by atoms with Crippen molar-refractivity contribution in [2.24, 2.45) is 21.0 Å². The number of ether oxygens (including phenoxy) is 2. The molecule has 320 valence electrons. The highest BCUT2D eigenvalue weighted by atomic mass is 16.5. The molecule has 0 spiro atoms. The van der Waals surface area contributed by atoms with E-state index in [-0.39, 0.29) is 23.1 Å². The lowest BCUT2D eigenvalue weighted by Crippen LogP contribution is -2.28. The number of nitrogens with two attached hydrogens (primary N) is 1. The third kappa shape index (κ3) is 14.3. The number of fused-ring (bicyclic) bond motifs is 1. The summed E-state index contributed by atoms with van der Waals surface area (Å²) in [6.07, 6.45) is 6.66. The Bertz CT molecular complexity index is 2220. The first-order valence-electron chi connectivity index (χ1n) is 20.4. The molecule has 1 heterocycles. The molecule has 0 atom stereocenters. The highest BCUT2D eigenvalue weighted by Gasteiger charge is 2.26. The van der Waals surface area contributed by atoms with Gasteiger partial charge < -0.3 is 41.2 Å². The lowest BCUT2D eigenvalue weighted by Gasteiger charge is -2.19. The van der Waals surface area contributed by atoms with Gasteiger partial charge in [0.05, 0.1) is 18.9 Å². The summed E-state index contributed by atoms with van der Waals surface area (Å²) < 4.78 is 11.2. The third-order valence-corrected chi connectivity index (χ3v) is 9.55. The van der Waals surface area contributed by atoms with E-state index in [0.29, 0.717) is 93.7 Å². The van der Waals surface area contributed by atoms with Crippen LogP contribution in [0.1, 0.15) is 74.0 Å². The summed E-state index contributed by atoms with van der Waals surface area (Å²) in [4.78, 5) is 56.1. The number of likely N-dealkylation sites (N-methyl/N-ethyl adjacent to an activating group) is 1. The molecule has 4 amide bonds. The third-order valence-electron chi connectivity index (χ3n) is 9.55. The van der Waals surface area contributed by atoms with Crippen molar-refractivity contribution >= 4 is 52.6 Å². The van der Waals surface area contributed by atoms with Gasteiger partial charge in [-0.25, -0.2) is 0 Å². The fourth-order valence-corrected chi connectivity index (χ4v) is 6.33. The van der Waals surface area contributed by atoms with Crippen LogP contribution in [0, 0.1) is 0 Å². The number of amidine groups is 1. The van der Waals surface area contributed by atoms with E-state index in [9.17, 15) is 24.3 Å². The maximum absolute atomic E-state index is 13.0. The number of anilines is 1. The monoisotopic (exact) mass is 830 g/mol. The summed E-state index contributed by atoms with van der Waals surface area (Å²) in [5, 5.41) is 27.3. The quantitative estimate of drug-likeness (QED) is 0.0334. The van der Waals surface area contributed by atoms with E-state index in [4.69, 9.17) is 15.2 Å². The van der Waals surface area contributed by atoms with Crippen LogP contribution >= 0.6 is 0 Å². The number of aromatic hydroxyl groups is 1.